The number of rotatable bonds is 2. The van der Waals surface area contributed by atoms with Gasteiger partial charge in [0.25, 0.3) is 0 Å². The zero-order valence-electron chi connectivity index (χ0n) is 6.02. The molecule has 0 unspecified atom stereocenters. The average Bonchev–Trinajstić information content (AvgIpc) is 1.91. The summed E-state index contributed by atoms with van der Waals surface area (Å²) in [6.07, 6.45) is 2.66. The molecule has 0 radical (unpaired) electrons. The summed E-state index contributed by atoms with van der Waals surface area (Å²) in [5, 5.41) is 6.50. The Bertz CT molecular complexity index is 27.7. The first kappa shape index (κ1) is 10.8. The van der Waals surface area contributed by atoms with Crippen LogP contribution >= 0.6 is 0 Å². The molecule has 0 atom stereocenters. The van der Waals surface area contributed by atoms with E-state index in [2.05, 4.69) is 26.7 Å². The Labute approximate surface area is 51.7 Å². The molecule has 0 aliphatic rings. The van der Waals surface area contributed by atoms with Gasteiger partial charge < -0.3 is 5.21 Å². The lowest BCUT2D eigenvalue weighted by Gasteiger charge is -1.98. The van der Waals surface area contributed by atoms with Crippen LogP contribution in [0.5, 0.6) is 0 Å². The van der Waals surface area contributed by atoms with Crippen molar-refractivity contribution in [2.24, 2.45) is 11.8 Å². The van der Waals surface area contributed by atoms with Crippen LogP contribution in [-0.4, -0.2) is 5.21 Å². The fourth-order valence-electron chi connectivity index (χ4n) is 0.289. The Morgan fingerprint density at radius 2 is 1.50 bits per heavy atom. The van der Waals surface area contributed by atoms with Crippen LogP contribution in [-0.2, 0) is 0 Å². The van der Waals surface area contributed by atoms with E-state index < -0.39 is 0 Å². The van der Waals surface area contributed by atoms with Crippen molar-refractivity contribution in [3.8, 4) is 0 Å². The Kier molecular flexibility index (Phi) is 13.6. The molecule has 0 aromatic heterocycles. The minimum atomic E-state index is 0.935. The van der Waals surface area contributed by atoms with E-state index >= 15 is 0 Å². The molecule has 0 aliphatic carbocycles. The second-order valence-electron chi connectivity index (χ2n) is 1.92. The third-order valence-corrected chi connectivity index (χ3v) is 1.39. The van der Waals surface area contributed by atoms with Gasteiger partial charge in [-0.2, -0.15) is 0 Å². The first-order valence-corrected chi connectivity index (χ1v) is 3.07. The average molecular weight is 119 g/mol. The summed E-state index contributed by atoms with van der Waals surface area (Å²) in [5.74, 6) is 4.44. The molecular weight excluding hydrogens is 102 g/mol. The fraction of sp³-hybridized carbons (Fsp3) is 1.00. The quantitative estimate of drug-likeness (QED) is 0.544. The number of hydrogen-bond acceptors (Lipinski definition) is 2. The van der Waals surface area contributed by atoms with Crippen molar-refractivity contribution >= 4 is 0 Å². The SMILES string of the molecule is CCC(C)CC.NO. The molecule has 52 valence electrons. The first-order valence-electron chi connectivity index (χ1n) is 3.07. The highest BCUT2D eigenvalue weighted by atomic mass is 16.4. The maximum atomic E-state index is 6.50. The molecule has 3 N–H and O–H groups in total. The highest BCUT2D eigenvalue weighted by molar-refractivity contribution is 4.41. The van der Waals surface area contributed by atoms with Gasteiger partial charge in [-0.3, -0.25) is 0 Å². The van der Waals surface area contributed by atoms with Gasteiger partial charge >= 0.3 is 0 Å². The second kappa shape index (κ2) is 10.0. The molecule has 0 saturated carbocycles. The summed E-state index contributed by atoms with van der Waals surface area (Å²) in [6.45, 7) is 6.74. The van der Waals surface area contributed by atoms with Crippen molar-refractivity contribution < 1.29 is 5.21 Å². The van der Waals surface area contributed by atoms with Crippen LogP contribution in [0.15, 0.2) is 0 Å². The van der Waals surface area contributed by atoms with Crippen LogP contribution in [0, 0.1) is 5.92 Å². The van der Waals surface area contributed by atoms with Crippen molar-refractivity contribution in [2.45, 2.75) is 33.6 Å². The highest BCUT2D eigenvalue weighted by Crippen LogP contribution is 2.02. The largest absolute Gasteiger partial charge is 0.320 e. The molecule has 0 bridgehead atoms. The van der Waals surface area contributed by atoms with Crippen LogP contribution < -0.4 is 5.90 Å². The van der Waals surface area contributed by atoms with Crippen molar-refractivity contribution in [3.05, 3.63) is 0 Å². The molecule has 0 heterocycles. The second-order valence-corrected chi connectivity index (χ2v) is 1.92. The van der Waals surface area contributed by atoms with Gasteiger partial charge in [0.1, 0.15) is 0 Å². The topological polar surface area (TPSA) is 46.2 Å². The summed E-state index contributed by atoms with van der Waals surface area (Å²) >= 11 is 0. The molecule has 0 amide bonds. The predicted octanol–water partition coefficient (Wildman–Crippen LogP) is 1.78. The Balaban J connectivity index is 0. The molecule has 0 rings (SSSR count). The van der Waals surface area contributed by atoms with E-state index in [4.69, 9.17) is 5.21 Å². The highest BCUT2D eigenvalue weighted by Gasteiger charge is 1.88. The lowest BCUT2D eigenvalue weighted by Crippen LogP contribution is -1.85. The molecule has 0 saturated heterocycles. The van der Waals surface area contributed by atoms with E-state index in [1.54, 1.807) is 0 Å². The Morgan fingerprint density at radius 1 is 1.25 bits per heavy atom. The van der Waals surface area contributed by atoms with Gasteiger partial charge in [-0.15, -0.1) is 0 Å². The summed E-state index contributed by atoms with van der Waals surface area (Å²) in [6, 6.07) is 0. The third kappa shape index (κ3) is 9.33. The molecule has 2 heteroatoms. The van der Waals surface area contributed by atoms with E-state index in [-0.39, 0.29) is 0 Å². The molecule has 8 heavy (non-hydrogen) atoms. The van der Waals surface area contributed by atoms with E-state index in [0.717, 1.165) is 5.92 Å². The smallest absolute Gasteiger partial charge is 0.0448 e. The maximum Gasteiger partial charge on any atom is -0.0448 e. The first-order chi connectivity index (χ1) is 3.81. The molecule has 0 aromatic carbocycles. The Morgan fingerprint density at radius 3 is 1.50 bits per heavy atom. The fourth-order valence-corrected chi connectivity index (χ4v) is 0.289. The van der Waals surface area contributed by atoms with Gasteiger partial charge in [0.2, 0.25) is 0 Å². The zero-order valence-corrected chi connectivity index (χ0v) is 6.02. The van der Waals surface area contributed by atoms with Crippen LogP contribution in [0.4, 0.5) is 0 Å². The van der Waals surface area contributed by atoms with E-state index in [1.165, 1.54) is 12.8 Å². The Hall–Kier alpha value is -0.0800. The molecule has 0 spiro atoms. The lowest BCUT2D eigenvalue weighted by atomic mass is 10.1. The van der Waals surface area contributed by atoms with Crippen LogP contribution in [0.1, 0.15) is 33.6 Å². The van der Waals surface area contributed by atoms with Gasteiger partial charge in [-0.1, -0.05) is 33.6 Å². The number of hydrogen-bond donors (Lipinski definition) is 2. The standard InChI is InChI=1S/C6H14.H3NO/c1-4-6(3)5-2;1-2/h6H,4-5H2,1-3H3;2H,1H2. The van der Waals surface area contributed by atoms with E-state index in [1.807, 2.05) is 0 Å². The predicted molar refractivity (Wildman–Crippen MR) is 35.7 cm³/mol. The normalized spacial score (nSPS) is 8.25. The van der Waals surface area contributed by atoms with Gasteiger partial charge in [0.15, 0.2) is 0 Å². The summed E-state index contributed by atoms with van der Waals surface area (Å²) in [4.78, 5) is 0. The van der Waals surface area contributed by atoms with E-state index in [9.17, 15) is 0 Å². The van der Waals surface area contributed by atoms with Gasteiger partial charge in [0, 0.05) is 0 Å². The van der Waals surface area contributed by atoms with Gasteiger partial charge in [-0.05, 0) is 5.92 Å². The minimum absolute atomic E-state index is 0.935. The van der Waals surface area contributed by atoms with Crippen molar-refractivity contribution in [2.75, 3.05) is 0 Å². The minimum Gasteiger partial charge on any atom is -0.320 e. The van der Waals surface area contributed by atoms with Crippen molar-refractivity contribution in [1.82, 2.24) is 0 Å². The van der Waals surface area contributed by atoms with Crippen molar-refractivity contribution in [1.29, 1.82) is 0 Å². The van der Waals surface area contributed by atoms with Crippen LogP contribution in [0.25, 0.3) is 0 Å². The summed E-state index contributed by atoms with van der Waals surface area (Å²) in [7, 11) is 0. The van der Waals surface area contributed by atoms with Crippen LogP contribution in [0.2, 0.25) is 0 Å². The summed E-state index contributed by atoms with van der Waals surface area (Å²) in [5.41, 5.74) is 0. The number of nitrogens with two attached hydrogens (primary N) is 1. The maximum absolute atomic E-state index is 6.50. The molecule has 0 aliphatic heterocycles. The van der Waals surface area contributed by atoms with Gasteiger partial charge in [-0.25, -0.2) is 5.90 Å². The van der Waals surface area contributed by atoms with Gasteiger partial charge in [0.05, 0.1) is 0 Å². The third-order valence-electron chi connectivity index (χ3n) is 1.39. The van der Waals surface area contributed by atoms with E-state index in [0.29, 0.717) is 0 Å². The van der Waals surface area contributed by atoms with Crippen molar-refractivity contribution in [3.63, 3.8) is 0 Å². The summed E-state index contributed by atoms with van der Waals surface area (Å²) < 4.78 is 0. The van der Waals surface area contributed by atoms with Crippen LogP contribution in [0.3, 0.4) is 0 Å². The molecular formula is C6H17NO. The molecule has 0 aromatic rings. The lowest BCUT2D eigenvalue weighted by molar-refractivity contribution is 0.311. The molecule has 0 fully saturated rings. The molecule has 2 nitrogen and oxygen atoms in total. The monoisotopic (exact) mass is 119 g/mol. The zero-order chi connectivity index (χ0) is 6.99.